The van der Waals surface area contributed by atoms with Gasteiger partial charge in [-0.15, -0.1) is 5.10 Å². The monoisotopic (exact) mass is 502 g/mol. The quantitative estimate of drug-likeness (QED) is 0.432. The predicted molar refractivity (Wildman–Crippen MR) is 142 cm³/mol. The molecule has 0 bridgehead atoms. The molecule has 0 unspecified atom stereocenters. The smallest absolute Gasteiger partial charge is 0.282 e. The van der Waals surface area contributed by atoms with Crippen molar-refractivity contribution in [2.45, 2.75) is 13.8 Å². The molecule has 186 valence electrons. The topological polar surface area (TPSA) is 115 Å². The molecule has 9 nitrogen and oxygen atoms in total. The average molecular weight is 503 g/mol. The minimum Gasteiger partial charge on any atom is -0.868 e. The first-order valence-electron chi connectivity index (χ1n) is 11.6. The summed E-state index contributed by atoms with van der Waals surface area (Å²) in [6, 6.07) is 17.2. The number of allylic oxidation sites excluding steroid dienone is 1. The van der Waals surface area contributed by atoms with Crippen molar-refractivity contribution in [2.24, 2.45) is 5.10 Å². The van der Waals surface area contributed by atoms with E-state index in [-0.39, 0.29) is 39.0 Å². The van der Waals surface area contributed by atoms with E-state index >= 15 is 0 Å². The lowest BCUT2D eigenvalue weighted by Gasteiger charge is -2.21. The number of H-pyrrole nitrogens is 1. The Balaban J connectivity index is 1.61. The number of nitrogens with one attached hydrogen (secondary N) is 1. The highest BCUT2D eigenvalue weighted by molar-refractivity contribution is 6.07. The molecule has 4 aromatic rings. The number of carbonyl (C=O) groups excluding carboxylic acids is 1. The number of aromatic nitrogens is 2. The zero-order valence-electron chi connectivity index (χ0n) is 20.4. The van der Waals surface area contributed by atoms with Gasteiger partial charge in [0.2, 0.25) is 0 Å². The van der Waals surface area contributed by atoms with Crippen LogP contribution in [0.15, 0.2) is 81.4 Å². The van der Waals surface area contributed by atoms with Crippen molar-refractivity contribution in [1.82, 2.24) is 9.55 Å². The van der Waals surface area contributed by atoms with Crippen LogP contribution in [0.1, 0.15) is 27.0 Å². The number of amides is 1. The average Bonchev–Trinajstić information content (AvgIpc) is 3.25. The summed E-state index contributed by atoms with van der Waals surface area (Å²) < 4.78 is 0.964. The zero-order valence-corrected chi connectivity index (χ0v) is 20.4. The van der Waals surface area contributed by atoms with Crippen LogP contribution in [0.4, 0.5) is 11.4 Å². The predicted octanol–water partition coefficient (Wildman–Crippen LogP) is 2.46. The molecule has 5 rings (SSSR count). The van der Waals surface area contributed by atoms with Gasteiger partial charge in [-0.05, 0) is 61.2 Å². The van der Waals surface area contributed by atoms with Gasteiger partial charge in [-0.3, -0.25) is 14.4 Å². The van der Waals surface area contributed by atoms with E-state index < -0.39 is 17.0 Å². The number of pyridine rings is 2. The fourth-order valence-corrected chi connectivity index (χ4v) is 4.40. The molecule has 2 aromatic heterocycles. The van der Waals surface area contributed by atoms with Crippen LogP contribution >= 0.6 is 0 Å². The van der Waals surface area contributed by atoms with Crippen LogP contribution in [-0.2, 0) is 0 Å². The van der Waals surface area contributed by atoms with Crippen LogP contribution in [0.5, 0.6) is 5.88 Å². The zero-order chi connectivity index (χ0) is 27.0. The molecule has 38 heavy (non-hydrogen) atoms. The number of aromatic amines is 1. The summed E-state index contributed by atoms with van der Waals surface area (Å²) in [5, 5.41) is 18.6. The molecule has 0 atom stereocenters. The van der Waals surface area contributed by atoms with E-state index in [1.807, 2.05) is 6.07 Å². The summed E-state index contributed by atoms with van der Waals surface area (Å²) in [7, 11) is 0. The molecule has 1 aliphatic rings. The van der Waals surface area contributed by atoms with Crippen LogP contribution in [-0.4, -0.2) is 15.5 Å². The minimum absolute atomic E-state index is 0.146. The van der Waals surface area contributed by atoms with E-state index in [1.54, 1.807) is 61.5 Å². The van der Waals surface area contributed by atoms with E-state index in [9.17, 15) is 19.5 Å². The highest BCUT2D eigenvalue weighted by Gasteiger charge is 2.28. The summed E-state index contributed by atoms with van der Waals surface area (Å²) >= 11 is 0. The van der Waals surface area contributed by atoms with Crippen LogP contribution in [0, 0.1) is 20.4 Å². The standard InChI is InChI=1S/C29H21N5O4/c1-17-21(26(35)31-25-23(17)28(37)34(32-25)20-13-8-5-9-14-20)15-10-16-22-18(2)24(30-3)29(38)33(27(22)36)19-11-6-4-7-12-19/h4-16,38H,1-2H3,(H,31,32,35)/p-1. The maximum Gasteiger partial charge on any atom is 0.282 e. The van der Waals surface area contributed by atoms with Gasteiger partial charge >= 0.3 is 0 Å². The van der Waals surface area contributed by atoms with Crippen molar-refractivity contribution < 1.29 is 9.90 Å². The number of nitrogens with zero attached hydrogens (tertiary/aromatic N) is 4. The highest BCUT2D eigenvalue weighted by Crippen LogP contribution is 2.31. The Morgan fingerprint density at radius 3 is 2.21 bits per heavy atom. The maximum absolute atomic E-state index is 13.3. The van der Waals surface area contributed by atoms with E-state index in [2.05, 4.69) is 14.9 Å². The van der Waals surface area contributed by atoms with Gasteiger partial charge in [0.25, 0.3) is 17.0 Å². The van der Waals surface area contributed by atoms with Crippen molar-refractivity contribution in [1.29, 1.82) is 0 Å². The number of rotatable bonds is 4. The minimum atomic E-state index is -0.689. The Hall–Kier alpha value is -5.49. The van der Waals surface area contributed by atoms with Gasteiger partial charge in [0.1, 0.15) is 0 Å². The Labute approximate surface area is 216 Å². The lowest BCUT2D eigenvalue weighted by molar-refractivity contribution is -0.276. The molecule has 0 spiro atoms. The summed E-state index contributed by atoms with van der Waals surface area (Å²) in [5.41, 5.74) is 1.02. The second-order valence-electron chi connectivity index (χ2n) is 8.58. The molecule has 1 aliphatic heterocycles. The van der Waals surface area contributed by atoms with E-state index in [1.165, 1.54) is 30.2 Å². The van der Waals surface area contributed by atoms with Gasteiger partial charge in [-0.2, -0.15) is 5.01 Å². The van der Waals surface area contributed by atoms with Crippen LogP contribution < -0.4 is 31.9 Å². The number of benzene rings is 2. The summed E-state index contributed by atoms with van der Waals surface area (Å²) in [4.78, 5) is 45.3. The third-order valence-corrected chi connectivity index (χ3v) is 6.35. The highest BCUT2D eigenvalue weighted by atomic mass is 16.3. The van der Waals surface area contributed by atoms with Crippen molar-refractivity contribution in [2.75, 3.05) is 5.01 Å². The number of carbonyl (C=O) groups is 1. The van der Waals surface area contributed by atoms with E-state index in [0.717, 1.165) is 4.57 Å². The molecule has 9 heteroatoms. The van der Waals surface area contributed by atoms with Gasteiger partial charge in [0.15, 0.2) is 11.2 Å². The van der Waals surface area contributed by atoms with Gasteiger partial charge in [0.05, 0.1) is 17.8 Å². The number of hydrogen-bond acceptors (Lipinski definition) is 5. The molecule has 3 heterocycles. The lowest BCUT2D eigenvalue weighted by Crippen LogP contribution is -2.38. The van der Waals surface area contributed by atoms with Crippen molar-refractivity contribution in [3.8, 4) is 11.6 Å². The molecule has 0 fully saturated rings. The fraction of sp³-hybridized carbons (Fsp3) is 0.0690. The molecular weight excluding hydrogens is 482 g/mol. The van der Waals surface area contributed by atoms with E-state index in [0.29, 0.717) is 16.9 Å². The maximum atomic E-state index is 13.3. The second-order valence-corrected chi connectivity index (χ2v) is 8.58. The summed E-state index contributed by atoms with van der Waals surface area (Å²) in [6.07, 6.45) is 4.44. The molecule has 0 saturated carbocycles. The normalized spacial score (nSPS) is 13.0. The van der Waals surface area contributed by atoms with Crippen molar-refractivity contribution in [3.63, 3.8) is 0 Å². The van der Waals surface area contributed by atoms with Gasteiger partial charge < -0.3 is 14.7 Å². The first kappa shape index (κ1) is 24.2. The van der Waals surface area contributed by atoms with Gasteiger partial charge in [-0.1, -0.05) is 48.6 Å². The number of para-hydroxylation sites is 2. The number of fused-ring (bicyclic) bond motifs is 1. The molecule has 0 saturated heterocycles. The Kier molecular flexibility index (Phi) is 6.07. The molecular formula is C29H20N5O4-. The fourth-order valence-electron chi connectivity index (χ4n) is 4.40. The lowest BCUT2D eigenvalue weighted by atomic mass is 10.1. The second kappa shape index (κ2) is 9.52. The molecule has 2 aromatic carbocycles. The third kappa shape index (κ3) is 3.90. The van der Waals surface area contributed by atoms with Crippen molar-refractivity contribution in [3.05, 3.63) is 132 Å². The van der Waals surface area contributed by atoms with Crippen LogP contribution in [0.25, 0.3) is 22.7 Å². The molecule has 0 aliphatic carbocycles. The largest absolute Gasteiger partial charge is 0.868 e. The Morgan fingerprint density at radius 1 is 0.947 bits per heavy atom. The van der Waals surface area contributed by atoms with Crippen molar-refractivity contribution >= 4 is 29.4 Å². The number of hydrogen-bond donors (Lipinski definition) is 1. The Morgan fingerprint density at radius 2 is 1.58 bits per heavy atom. The first-order chi connectivity index (χ1) is 18.3. The van der Waals surface area contributed by atoms with Gasteiger partial charge in [0, 0.05) is 16.5 Å². The molecule has 0 radical (unpaired) electrons. The summed E-state index contributed by atoms with van der Waals surface area (Å²) in [6.45, 7) is 10.7. The summed E-state index contributed by atoms with van der Waals surface area (Å²) in [5.74, 6) is -1.06. The first-order valence-corrected chi connectivity index (χ1v) is 11.6. The Bertz CT molecular complexity index is 1920. The van der Waals surface area contributed by atoms with Crippen LogP contribution in [0.3, 0.4) is 0 Å². The number of anilines is 1. The molecule has 1 amide bonds. The van der Waals surface area contributed by atoms with Gasteiger partial charge in [-0.25, -0.2) is 4.85 Å². The third-order valence-electron chi connectivity index (χ3n) is 6.35. The SMILES string of the molecule is [C-]#[N+]c1c(C)c(C=CC=c2c(C)c3c([nH]c2=O)=NN(c2ccccc2)C3=O)c(=O)n(-c2ccccc2)c1[O-]. The van der Waals surface area contributed by atoms with Crippen LogP contribution in [0.2, 0.25) is 0 Å². The van der Waals surface area contributed by atoms with E-state index in [4.69, 9.17) is 6.57 Å². The molecule has 1 N–H and O–H groups in total.